The number of hydrogen-bond donors (Lipinski definition) is 1. The largest absolute Gasteiger partial charge is 0.480 e. The minimum atomic E-state index is -0.808. The maximum absolute atomic E-state index is 11.1. The van der Waals surface area contributed by atoms with Crippen LogP contribution in [-0.2, 0) is 4.79 Å². The second-order valence-electron chi connectivity index (χ2n) is 4.04. The van der Waals surface area contributed by atoms with Gasteiger partial charge in [0.25, 0.3) is 0 Å². The van der Waals surface area contributed by atoms with E-state index >= 15 is 0 Å². The highest BCUT2D eigenvalue weighted by Crippen LogP contribution is 2.25. The predicted molar refractivity (Wildman–Crippen MR) is 61.3 cm³/mol. The fourth-order valence-corrected chi connectivity index (χ4v) is 2.06. The van der Waals surface area contributed by atoms with Crippen LogP contribution in [0.4, 0.5) is 5.82 Å². The van der Waals surface area contributed by atoms with Crippen LogP contribution in [0, 0.1) is 6.92 Å². The van der Waals surface area contributed by atoms with Gasteiger partial charge in [-0.3, -0.25) is 0 Å². The number of ether oxygens (including phenoxy) is 1. The van der Waals surface area contributed by atoms with Crippen LogP contribution >= 0.6 is 0 Å². The summed E-state index contributed by atoms with van der Waals surface area (Å²) in [5.74, 6) is -0.183. The number of carbonyl (C=O) groups is 1. The second kappa shape index (κ2) is 4.57. The van der Waals surface area contributed by atoms with Crippen LogP contribution in [0.2, 0.25) is 0 Å². The molecule has 1 saturated heterocycles. The molecule has 0 unspecified atom stereocenters. The van der Waals surface area contributed by atoms with Crippen molar-refractivity contribution in [2.45, 2.75) is 25.8 Å². The molecule has 0 aliphatic carbocycles. The Kier molecular flexibility index (Phi) is 3.12. The molecule has 1 aromatic rings. The van der Waals surface area contributed by atoms with E-state index in [1.165, 1.54) is 7.11 Å². The molecule has 0 aromatic carbocycles. The lowest BCUT2D eigenvalue weighted by Crippen LogP contribution is -2.36. The van der Waals surface area contributed by atoms with E-state index in [1.807, 2.05) is 6.92 Å². The summed E-state index contributed by atoms with van der Waals surface area (Å²) in [5.41, 5.74) is 0.767. The van der Waals surface area contributed by atoms with Gasteiger partial charge in [0, 0.05) is 18.3 Å². The molecule has 0 amide bonds. The van der Waals surface area contributed by atoms with Gasteiger partial charge in [0.05, 0.1) is 7.11 Å². The summed E-state index contributed by atoms with van der Waals surface area (Å²) < 4.78 is 4.99. The highest BCUT2D eigenvalue weighted by atomic mass is 16.5. The smallest absolute Gasteiger partial charge is 0.326 e. The van der Waals surface area contributed by atoms with Crippen LogP contribution in [0.15, 0.2) is 6.07 Å². The summed E-state index contributed by atoms with van der Waals surface area (Å²) in [6.45, 7) is 2.54. The van der Waals surface area contributed by atoms with E-state index in [-0.39, 0.29) is 6.01 Å². The fourth-order valence-electron chi connectivity index (χ4n) is 2.06. The molecule has 0 radical (unpaired) electrons. The molecule has 1 aliphatic rings. The normalized spacial score (nSPS) is 19.4. The maximum Gasteiger partial charge on any atom is 0.326 e. The molecule has 17 heavy (non-hydrogen) atoms. The van der Waals surface area contributed by atoms with Crippen molar-refractivity contribution in [3.05, 3.63) is 11.8 Å². The van der Waals surface area contributed by atoms with Crippen molar-refractivity contribution in [3.8, 4) is 6.01 Å². The number of aliphatic carboxylic acids is 1. The summed E-state index contributed by atoms with van der Waals surface area (Å²) >= 11 is 0. The third-order valence-corrected chi connectivity index (χ3v) is 2.83. The van der Waals surface area contributed by atoms with E-state index in [9.17, 15) is 4.79 Å². The molecule has 1 fully saturated rings. The van der Waals surface area contributed by atoms with E-state index < -0.39 is 12.0 Å². The van der Waals surface area contributed by atoms with Crippen molar-refractivity contribution in [1.82, 2.24) is 9.97 Å². The number of nitrogens with zero attached hydrogens (tertiary/aromatic N) is 3. The van der Waals surface area contributed by atoms with Crippen molar-refractivity contribution in [1.29, 1.82) is 0 Å². The summed E-state index contributed by atoms with van der Waals surface area (Å²) in [4.78, 5) is 21.2. The number of aryl methyl sites for hydroxylation is 1. The lowest BCUT2D eigenvalue weighted by atomic mass is 10.2. The molecular formula is C11H15N3O3. The third kappa shape index (κ3) is 2.30. The van der Waals surface area contributed by atoms with Gasteiger partial charge < -0.3 is 14.7 Å². The minimum absolute atomic E-state index is 0.274. The Bertz CT molecular complexity index is 436. The molecule has 0 bridgehead atoms. The molecule has 0 saturated carbocycles. The number of methoxy groups -OCH3 is 1. The number of anilines is 1. The molecule has 92 valence electrons. The Morgan fingerprint density at radius 3 is 3.00 bits per heavy atom. The molecule has 1 atom stereocenters. The van der Waals surface area contributed by atoms with Crippen molar-refractivity contribution in [2.24, 2.45) is 0 Å². The van der Waals surface area contributed by atoms with Gasteiger partial charge in [0.2, 0.25) is 0 Å². The SMILES string of the molecule is COc1nc(C)cc(N2CCC[C@H]2C(=O)O)n1. The van der Waals surface area contributed by atoms with E-state index in [0.29, 0.717) is 18.8 Å². The lowest BCUT2D eigenvalue weighted by molar-refractivity contribution is -0.138. The maximum atomic E-state index is 11.1. The van der Waals surface area contributed by atoms with Gasteiger partial charge in [-0.1, -0.05) is 0 Å². The zero-order chi connectivity index (χ0) is 12.4. The van der Waals surface area contributed by atoms with E-state index in [1.54, 1.807) is 11.0 Å². The van der Waals surface area contributed by atoms with Crippen LogP contribution in [-0.4, -0.2) is 40.7 Å². The molecule has 2 rings (SSSR count). The quantitative estimate of drug-likeness (QED) is 0.839. The van der Waals surface area contributed by atoms with Crippen LogP contribution in [0.3, 0.4) is 0 Å². The van der Waals surface area contributed by atoms with Crippen molar-refractivity contribution in [2.75, 3.05) is 18.6 Å². The first kappa shape index (κ1) is 11.6. The minimum Gasteiger partial charge on any atom is -0.480 e. The zero-order valence-corrected chi connectivity index (χ0v) is 9.88. The van der Waals surface area contributed by atoms with Crippen molar-refractivity contribution < 1.29 is 14.6 Å². The molecular weight excluding hydrogens is 222 g/mol. The molecule has 1 aliphatic heterocycles. The predicted octanol–water partition coefficient (Wildman–Crippen LogP) is 0.847. The van der Waals surface area contributed by atoms with Crippen molar-refractivity contribution in [3.63, 3.8) is 0 Å². The fraction of sp³-hybridized carbons (Fsp3) is 0.545. The first-order valence-electron chi connectivity index (χ1n) is 5.51. The topological polar surface area (TPSA) is 75.5 Å². The number of hydrogen-bond acceptors (Lipinski definition) is 5. The molecule has 0 spiro atoms. The molecule has 6 nitrogen and oxygen atoms in total. The van der Waals surface area contributed by atoms with E-state index in [2.05, 4.69) is 9.97 Å². The highest BCUT2D eigenvalue weighted by molar-refractivity contribution is 5.78. The first-order chi connectivity index (χ1) is 8.11. The van der Waals surface area contributed by atoms with E-state index in [4.69, 9.17) is 9.84 Å². The molecule has 6 heteroatoms. The van der Waals surface area contributed by atoms with Gasteiger partial charge in [-0.05, 0) is 19.8 Å². The van der Waals surface area contributed by atoms with Crippen LogP contribution in [0.1, 0.15) is 18.5 Å². The number of rotatable bonds is 3. The Morgan fingerprint density at radius 2 is 2.35 bits per heavy atom. The summed E-state index contributed by atoms with van der Waals surface area (Å²) in [6.07, 6.45) is 1.52. The van der Waals surface area contributed by atoms with Crippen LogP contribution in [0.5, 0.6) is 6.01 Å². The average Bonchev–Trinajstić information content (AvgIpc) is 2.77. The van der Waals surface area contributed by atoms with Gasteiger partial charge in [-0.2, -0.15) is 4.98 Å². The summed E-state index contributed by atoms with van der Waals surface area (Å²) in [5, 5.41) is 9.12. The van der Waals surface area contributed by atoms with Crippen LogP contribution < -0.4 is 9.64 Å². The highest BCUT2D eigenvalue weighted by Gasteiger charge is 2.31. The molecule has 1 N–H and O–H groups in total. The second-order valence-corrected chi connectivity index (χ2v) is 4.04. The number of carboxylic acids is 1. The number of carboxylic acid groups (broad SMARTS) is 1. The van der Waals surface area contributed by atoms with Gasteiger partial charge in [0.1, 0.15) is 11.9 Å². The standard InChI is InChI=1S/C11H15N3O3/c1-7-6-9(13-11(12-7)17-2)14-5-3-4-8(14)10(15)16/h6,8H,3-5H2,1-2H3,(H,15,16)/t8-/m0/s1. The van der Waals surface area contributed by atoms with E-state index in [0.717, 1.165) is 12.1 Å². The average molecular weight is 237 g/mol. The number of aromatic nitrogens is 2. The van der Waals surface area contributed by atoms with Gasteiger partial charge >= 0.3 is 12.0 Å². The third-order valence-electron chi connectivity index (χ3n) is 2.83. The molecule has 1 aromatic heterocycles. The van der Waals surface area contributed by atoms with Gasteiger partial charge in [-0.15, -0.1) is 0 Å². The summed E-state index contributed by atoms with van der Waals surface area (Å²) in [7, 11) is 1.50. The molecule has 2 heterocycles. The van der Waals surface area contributed by atoms with Crippen LogP contribution in [0.25, 0.3) is 0 Å². The lowest BCUT2D eigenvalue weighted by Gasteiger charge is -2.22. The van der Waals surface area contributed by atoms with Gasteiger partial charge in [0.15, 0.2) is 0 Å². The monoisotopic (exact) mass is 237 g/mol. The first-order valence-corrected chi connectivity index (χ1v) is 5.51. The Morgan fingerprint density at radius 1 is 1.59 bits per heavy atom. The Labute approximate surface area is 99.2 Å². The van der Waals surface area contributed by atoms with Gasteiger partial charge in [-0.25, -0.2) is 9.78 Å². The zero-order valence-electron chi connectivity index (χ0n) is 9.88. The van der Waals surface area contributed by atoms with Crippen molar-refractivity contribution >= 4 is 11.8 Å². The Balaban J connectivity index is 2.32. The summed E-state index contributed by atoms with van der Waals surface area (Å²) in [6, 6.07) is 1.56. The Hall–Kier alpha value is -1.85.